The Morgan fingerprint density at radius 2 is 2.29 bits per heavy atom. The largest absolute Gasteiger partial charge is 0.364 e. The van der Waals surface area contributed by atoms with E-state index < -0.39 is 5.91 Å². The minimum atomic E-state index is -0.636. The van der Waals surface area contributed by atoms with Gasteiger partial charge < -0.3 is 5.73 Å². The number of amides is 1. The molecule has 0 atom stereocenters. The van der Waals surface area contributed by atoms with Crippen molar-refractivity contribution in [3.63, 3.8) is 0 Å². The van der Waals surface area contributed by atoms with E-state index in [0.29, 0.717) is 11.4 Å². The van der Waals surface area contributed by atoms with Crippen molar-refractivity contribution in [3.8, 4) is 17.5 Å². The number of carbonyl (C=O) groups is 1. The van der Waals surface area contributed by atoms with Crippen molar-refractivity contribution < 1.29 is 4.79 Å². The van der Waals surface area contributed by atoms with Gasteiger partial charge >= 0.3 is 0 Å². The van der Waals surface area contributed by atoms with Crippen molar-refractivity contribution in [2.24, 2.45) is 5.73 Å². The molecule has 2 N–H and O–H groups in total. The first-order valence-electron chi connectivity index (χ1n) is 4.73. The molecule has 0 aliphatic carbocycles. The highest BCUT2D eigenvalue weighted by molar-refractivity contribution is 5.92. The average Bonchev–Trinajstić information content (AvgIpc) is 2.75. The van der Waals surface area contributed by atoms with Gasteiger partial charge in [-0.15, -0.1) is 0 Å². The van der Waals surface area contributed by atoms with E-state index in [9.17, 15) is 4.79 Å². The Morgan fingerprint density at radius 3 is 2.88 bits per heavy atom. The molecule has 7 nitrogen and oxygen atoms in total. The summed E-state index contributed by atoms with van der Waals surface area (Å²) in [4.78, 5) is 19.1. The van der Waals surface area contributed by atoms with Crippen molar-refractivity contribution in [2.45, 2.75) is 6.54 Å². The minimum Gasteiger partial charge on any atom is -0.364 e. The van der Waals surface area contributed by atoms with Crippen LogP contribution < -0.4 is 5.73 Å². The maximum absolute atomic E-state index is 11.2. The molecule has 17 heavy (non-hydrogen) atoms. The smallest absolute Gasteiger partial charge is 0.267 e. The summed E-state index contributed by atoms with van der Waals surface area (Å²) in [5.74, 6) is -0.636. The molecular formula is C10H8N6O. The van der Waals surface area contributed by atoms with Gasteiger partial charge in [-0.05, 0) is 6.07 Å². The standard InChI is InChI=1S/C10H8N6O/c11-1-4-16-9(10(12)17)5-7(15-16)8-6-13-2-3-14-8/h2-3,5-6H,4H2,(H2,12,17). The Morgan fingerprint density at radius 1 is 1.47 bits per heavy atom. The van der Waals surface area contributed by atoms with E-state index in [1.54, 1.807) is 0 Å². The number of rotatable bonds is 3. The fourth-order valence-electron chi connectivity index (χ4n) is 1.36. The molecule has 2 rings (SSSR count). The average molecular weight is 228 g/mol. The molecule has 0 saturated carbocycles. The van der Waals surface area contributed by atoms with Crippen molar-refractivity contribution >= 4 is 5.91 Å². The van der Waals surface area contributed by atoms with Crippen LogP contribution in [-0.2, 0) is 6.54 Å². The number of nitrogens with zero attached hydrogens (tertiary/aromatic N) is 5. The minimum absolute atomic E-state index is 0.0431. The van der Waals surface area contributed by atoms with E-state index in [0.717, 1.165) is 0 Å². The Bertz CT molecular complexity index is 583. The normalized spacial score (nSPS) is 9.82. The van der Waals surface area contributed by atoms with E-state index in [2.05, 4.69) is 15.1 Å². The molecule has 0 unspecified atom stereocenters. The molecule has 2 aromatic rings. The van der Waals surface area contributed by atoms with Gasteiger partial charge in [0.25, 0.3) is 5.91 Å². The number of hydrogen-bond donors (Lipinski definition) is 1. The highest BCUT2D eigenvalue weighted by Gasteiger charge is 2.14. The zero-order chi connectivity index (χ0) is 12.3. The summed E-state index contributed by atoms with van der Waals surface area (Å²) in [6, 6.07) is 3.39. The topological polar surface area (TPSA) is 110 Å². The number of carbonyl (C=O) groups excluding carboxylic acids is 1. The molecule has 7 heteroatoms. The number of nitriles is 1. The van der Waals surface area contributed by atoms with Crippen LogP contribution in [0.2, 0.25) is 0 Å². The lowest BCUT2D eigenvalue weighted by atomic mass is 10.3. The molecule has 0 bridgehead atoms. The third-order valence-electron chi connectivity index (χ3n) is 2.08. The summed E-state index contributed by atoms with van der Waals surface area (Å²) >= 11 is 0. The van der Waals surface area contributed by atoms with E-state index >= 15 is 0 Å². The van der Waals surface area contributed by atoms with Crippen LogP contribution in [0.25, 0.3) is 11.4 Å². The van der Waals surface area contributed by atoms with Gasteiger partial charge in [0.1, 0.15) is 23.6 Å². The molecule has 0 aliphatic heterocycles. The molecule has 0 spiro atoms. The fraction of sp³-hybridized carbons (Fsp3) is 0.100. The molecule has 0 radical (unpaired) electrons. The fourth-order valence-corrected chi connectivity index (χ4v) is 1.36. The van der Waals surface area contributed by atoms with Crippen LogP contribution in [0.1, 0.15) is 10.5 Å². The highest BCUT2D eigenvalue weighted by Crippen LogP contribution is 2.15. The van der Waals surface area contributed by atoms with Gasteiger partial charge in [-0.2, -0.15) is 10.4 Å². The number of primary amides is 1. The first kappa shape index (κ1) is 10.8. The van der Waals surface area contributed by atoms with Gasteiger partial charge in [0.05, 0.1) is 12.3 Å². The second kappa shape index (κ2) is 4.40. The Kier molecular flexibility index (Phi) is 2.79. The Hall–Kier alpha value is -2.75. The van der Waals surface area contributed by atoms with Gasteiger partial charge in [0.15, 0.2) is 0 Å². The van der Waals surface area contributed by atoms with Crippen LogP contribution in [0.4, 0.5) is 0 Å². The van der Waals surface area contributed by atoms with Gasteiger partial charge in [0, 0.05) is 12.4 Å². The summed E-state index contributed by atoms with van der Waals surface area (Å²) in [5, 5.41) is 12.7. The monoisotopic (exact) mass is 228 g/mol. The molecular weight excluding hydrogens is 220 g/mol. The van der Waals surface area contributed by atoms with Crippen LogP contribution in [0.15, 0.2) is 24.7 Å². The predicted octanol–water partition coefficient (Wildman–Crippen LogP) is -0.0374. The molecule has 0 saturated heterocycles. The number of hydrogen-bond acceptors (Lipinski definition) is 5. The highest BCUT2D eigenvalue weighted by atomic mass is 16.1. The third kappa shape index (κ3) is 2.10. The lowest BCUT2D eigenvalue weighted by Gasteiger charge is -1.96. The van der Waals surface area contributed by atoms with Crippen LogP contribution in [0.5, 0.6) is 0 Å². The second-order valence-corrected chi connectivity index (χ2v) is 3.19. The number of aromatic nitrogens is 4. The molecule has 0 fully saturated rings. The summed E-state index contributed by atoms with van der Waals surface area (Å²) in [6.07, 6.45) is 4.57. The Balaban J connectivity index is 2.48. The zero-order valence-corrected chi connectivity index (χ0v) is 8.74. The lowest BCUT2D eigenvalue weighted by Crippen LogP contribution is -2.17. The van der Waals surface area contributed by atoms with Crippen molar-refractivity contribution in [1.82, 2.24) is 19.7 Å². The maximum Gasteiger partial charge on any atom is 0.267 e. The van der Waals surface area contributed by atoms with Crippen molar-refractivity contribution in [2.75, 3.05) is 0 Å². The maximum atomic E-state index is 11.2. The van der Waals surface area contributed by atoms with Crippen LogP contribution in [0.3, 0.4) is 0 Å². The summed E-state index contributed by atoms with van der Waals surface area (Å²) in [5.41, 5.74) is 6.34. The van der Waals surface area contributed by atoms with Crippen molar-refractivity contribution in [3.05, 3.63) is 30.4 Å². The van der Waals surface area contributed by atoms with Crippen molar-refractivity contribution in [1.29, 1.82) is 5.26 Å². The second-order valence-electron chi connectivity index (χ2n) is 3.19. The van der Waals surface area contributed by atoms with E-state index in [4.69, 9.17) is 11.0 Å². The first-order valence-corrected chi connectivity index (χ1v) is 4.73. The zero-order valence-electron chi connectivity index (χ0n) is 8.74. The summed E-state index contributed by atoms with van der Waals surface area (Å²) in [7, 11) is 0. The molecule has 0 aliphatic rings. The molecule has 2 aromatic heterocycles. The quantitative estimate of drug-likeness (QED) is 0.792. The van der Waals surface area contributed by atoms with Gasteiger partial charge in [-0.3, -0.25) is 14.8 Å². The van der Waals surface area contributed by atoms with E-state index in [1.807, 2.05) is 6.07 Å². The first-order chi connectivity index (χ1) is 8.22. The van der Waals surface area contributed by atoms with Gasteiger partial charge in [-0.25, -0.2) is 4.68 Å². The molecule has 84 valence electrons. The van der Waals surface area contributed by atoms with E-state index in [1.165, 1.54) is 29.3 Å². The van der Waals surface area contributed by atoms with Crippen LogP contribution >= 0.6 is 0 Å². The molecule has 1 amide bonds. The SMILES string of the molecule is N#CCn1nc(-c2cnccn2)cc1C(N)=O. The lowest BCUT2D eigenvalue weighted by molar-refractivity contribution is 0.0990. The van der Waals surface area contributed by atoms with Gasteiger partial charge in [-0.1, -0.05) is 0 Å². The van der Waals surface area contributed by atoms with Gasteiger partial charge in [0.2, 0.25) is 0 Å². The summed E-state index contributed by atoms with van der Waals surface area (Å²) in [6.45, 7) is -0.0431. The predicted molar refractivity (Wildman–Crippen MR) is 57.4 cm³/mol. The van der Waals surface area contributed by atoms with E-state index in [-0.39, 0.29) is 12.2 Å². The summed E-state index contributed by atoms with van der Waals surface area (Å²) < 4.78 is 1.24. The number of nitrogens with two attached hydrogens (primary N) is 1. The molecule has 0 aromatic carbocycles. The Labute approximate surface area is 96.5 Å². The van der Waals surface area contributed by atoms with Crippen LogP contribution in [0, 0.1) is 11.3 Å². The van der Waals surface area contributed by atoms with Crippen LogP contribution in [-0.4, -0.2) is 25.7 Å². The molecule has 2 heterocycles. The third-order valence-corrected chi connectivity index (χ3v) is 2.08.